The number of H-pyrrole nitrogens is 1. The van der Waals surface area contributed by atoms with Crippen molar-refractivity contribution >= 4 is 23.5 Å². The summed E-state index contributed by atoms with van der Waals surface area (Å²) in [5.74, 6) is 1.34. The molecule has 1 fully saturated rings. The molecule has 0 spiro atoms. The van der Waals surface area contributed by atoms with Gasteiger partial charge in [-0.25, -0.2) is 0 Å². The first-order chi connectivity index (χ1) is 11.6. The number of hydrogen-bond acceptors (Lipinski definition) is 6. The van der Waals surface area contributed by atoms with Crippen LogP contribution >= 0.6 is 11.8 Å². The fourth-order valence-electron chi connectivity index (χ4n) is 2.88. The molecule has 8 heteroatoms. The number of thioether (sulfide) groups is 1. The second-order valence-electron chi connectivity index (χ2n) is 5.83. The number of hydrogen-bond donors (Lipinski definition) is 1. The number of aromatic amines is 1. The standard InChI is InChI=1S/C16H23N5O2S/c1-4-21-15(20-5-7-23-8-6-20)18-19-16(21)24-10-14(22)13-9-11(2)17-12(13)3/h9,17H,4-8,10H2,1-3H3. The van der Waals surface area contributed by atoms with Crippen molar-refractivity contribution in [1.82, 2.24) is 19.7 Å². The van der Waals surface area contributed by atoms with Crippen LogP contribution in [-0.2, 0) is 11.3 Å². The third kappa shape index (κ3) is 3.49. The van der Waals surface area contributed by atoms with Crippen LogP contribution in [-0.4, -0.2) is 57.6 Å². The van der Waals surface area contributed by atoms with Crippen LogP contribution in [0.15, 0.2) is 11.2 Å². The number of anilines is 1. The molecule has 0 aromatic carbocycles. The maximum atomic E-state index is 12.4. The van der Waals surface area contributed by atoms with Crippen molar-refractivity contribution in [3.63, 3.8) is 0 Å². The molecular formula is C16H23N5O2S. The molecule has 0 amide bonds. The highest BCUT2D eigenvalue weighted by molar-refractivity contribution is 7.99. The Hall–Kier alpha value is -1.80. The van der Waals surface area contributed by atoms with Gasteiger partial charge in [0.25, 0.3) is 0 Å². The molecule has 1 aliphatic heterocycles. The Morgan fingerprint density at radius 2 is 2.08 bits per heavy atom. The number of aryl methyl sites for hydroxylation is 2. The first-order valence-electron chi connectivity index (χ1n) is 8.18. The number of nitrogens with one attached hydrogen (secondary N) is 1. The monoisotopic (exact) mass is 349 g/mol. The molecule has 0 radical (unpaired) electrons. The average molecular weight is 349 g/mol. The zero-order chi connectivity index (χ0) is 17.1. The molecule has 2 aromatic heterocycles. The maximum absolute atomic E-state index is 12.4. The molecule has 3 heterocycles. The Balaban J connectivity index is 1.70. The molecule has 1 aliphatic rings. The van der Waals surface area contributed by atoms with E-state index in [0.717, 1.165) is 47.7 Å². The van der Waals surface area contributed by atoms with E-state index in [1.165, 1.54) is 11.8 Å². The van der Waals surface area contributed by atoms with Crippen molar-refractivity contribution in [3.05, 3.63) is 23.0 Å². The minimum Gasteiger partial charge on any atom is -0.378 e. The van der Waals surface area contributed by atoms with E-state index in [2.05, 4.69) is 31.6 Å². The van der Waals surface area contributed by atoms with Gasteiger partial charge in [0.15, 0.2) is 10.9 Å². The number of ketones is 1. The van der Waals surface area contributed by atoms with Gasteiger partial charge in [-0.2, -0.15) is 0 Å². The lowest BCUT2D eigenvalue weighted by molar-refractivity contribution is 0.102. The summed E-state index contributed by atoms with van der Waals surface area (Å²) in [5.41, 5.74) is 2.69. The van der Waals surface area contributed by atoms with E-state index in [-0.39, 0.29) is 5.78 Å². The molecule has 0 aliphatic carbocycles. The van der Waals surface area contributed by atoms with E-state index >= 15 is 0 Å². The Morgan fingerprint density at radius 1 is 1.33 bits per heavy atom. The van der Waals surface area contributed by atoms with Crippen LogP contribution in [0.5, 0.6) is 0 Å². The number of morpholine rings is 1. The third-order valence-corrected chi connectivity index (χ3v) is 5.06. The lowest BCUT2D eigenvalue weighted by Crippen LogP contribution is -2.38. The predicted octanol–water partition coefficient (Wildman–Crippen LogP) is 2.05. The van der Waals surface area contributed by atoms with Crippen molar-refractivity contribution < 1.29 is 9.53 Å². The van der Waals surface area contributed by atoms with Gasteiger partial charge in [0.1, 0.15) is 0 Å². The van der Waals surface area contributed by atoms with Gasteiger partial charge < -0.3 is 14.6 Å². The van der Waals surface area contributed by atoms with Gasteiger partial charge in [0.05, 0.1) is 19.0 Å². The second-order valence-corrected chi connectivity index (χ2v) is 6.77. The number of Topliss-reactive ketones (excluding diaryl/α,β-unsaturated/α-hetero) is 1. The molecule has 0 saturated carbocycles. The minimum atomic E-state index is 0.112. The summed E-state index contributed by atoms with van der Waals surface area (Å²) in [6.45, 7) is 9.80. The van der Waals surface area contributed by atoms with Crippen LogP contribution in [0.2, 0.25) is 0 Å². The van der Waals surface area contributed by atoms with Gasteiger partial charge in [0, 0.05) is 36.6 Å². The Bertz CT molecular complexity index is 718. The predicted molar refractivity (Wildman–Crippen MR) is 94.0 cm³/mol. The summed E-state index contributed by atoms with van der Waals surface area (Å²) in [7, 11) is 0. The van der Waals surface area contributed by atoms with E-state index in [9.17, 15) is 4.79 Å². The Labute approximate surface area is 145 Å². The largest absolute Gasteiger partial charge is 0.378 e. The molecule has 7 nitrogen and oxygen atoms in total. The summed E-state index contributed by atoms with van der Waals surface area (Å²) in [6.07, 6.45) is 0. The molecule has 0 unspecified atom stereocenters. The average Bonchev–Trinajstić information content (AvgIpc) is 3.15. The van der Waals surface area contributed by atoms with Crippen molar-refractivity contribution in [3.8, 4) is 0 Å². The topological polar surface area (TPSA) is 76.0 Å². The maximum Gasteiger partial charge on any atom is 0.228 e. The van der Waals surface area contributed by atoms with Gasteiger partial charge in [-0.15, -0.1) is 10.2 Å². The molecule has 24 heavy (non-hydrogen) atoms. The SMILES string of the molecule is CCn1c(SCC(=O)c2cc(C)[nH]c2C)nnc1N1CCOCC1. The Morgan fingerprint density at radius 3 is 2.71 bits per heavy atom. The lowest BCUT2D eigenvalue weighted by atomic mass is 10.2. The normalized spacial score (nSPS) is 15.0. The smallest absolute Gasteiger partial charge is 0.228 e. The van der Waals surface area contributed by atoms with E-state index < -0.39 is 0 Å². The quantitative estimate of drug-likeness (QED) is 0.635. The van der Waals surface area contributed by atoms with Crippen LogP contribution in [0, 0.1) is 13.8 Å². The molecule has 1 N–H and O–H groups in total. The first kappa shape index (κ1) is 17.0. The fourth-order valence-corrected chi connectivity index (χ4v) is 3.76. The van der Waals surface area contributed by atoms with E-state index in [1.54, 1.807) is 0 Å². The number of carbonyl (C=O) groups is 1. The second kappa shape index (κ2) is 7.40. The molecule has 0 atom stereocenters. The molecule has 0 bridgehead atoms. The highest BCUT2D eigenvalue weighted by Gasteiger charge is 2.21. The summed E-state index contributed by atoms with van der Waals surface area (Å²) < 4.78 is 7.46. The van der Waals surface area contributed by atoms with Crippen LogP contribution in [0.1, 0.15) is 28.7 Å². The summed E-state index contributed by atoms with van der Waals surface area (Å²) in [5, 5.41) is 9.41. The lowest BCUT2D eigenvalue weighted by Gasteiger charge is -2.27. The first-order valence-corrected chi connectivity index (χ1v) is 9.16. The zero-order valence-electron chi connectivity index (χ0n) is 14.3. The molecule has 130 valence electrons. The van der Waals surface area contributed by atoms with Crippen molar-refractivity contribution in [2.24, 2.45) is 0 Å². The van der Waals surface area contributed by atoms with Crippen molar-refractivity contribution in [2.75, 3.05) is 37.0 Å². The van der Waals surface area contributed by atoms with E-state index in [1.807, 2.05) is 19.9 Å². The van der Waals surface area contributed by atoms with Crippen LogP contribution in [0.3, 0.4) is 0 Å². The van der Waals surface area contributed by atoms with Gasteiger partial charge in [-0.3, -0.25) is 9.36 Å². The summed E-state index contributed by atoms with van der Waals surface area (Å²) in [4.78, 5) is 17.8. The van der Waals surface area contributed by atoms with E-state index in [4.69, 9.17) is 4.74 Å². The third-order valence-electron chi connectivity index (χ3n) is 4.09. The molecule has 2 aromatic rings. The molecular weight excluding hydrogens is 326 g/mol. The van der Waals surface area contributed by atoms with Gasteiger partial charge >= 0.3 is 0 Å². The number of aromatic nitrogens is 4. The minimum absolute atomic E-state index is 0.112. The van der Waals surface area contributed by atoms with Crippen molar-refractivity contribution in [1.29, 1.82) is 0 Å². The summed E-state index contributed by atoms with van der Waals surface area (Å²) in [6, 6.07) is 1.90. The van der Waals surface area contributed by atoms with Gasteiger partial charge in [-0.05, 0) is 26.8 Å². The number of carbonyl (C=O) groups excluding carboxylic acids is 1. The number of nitrogens with zero attached hydrogens (tertiary/aromatic N) is 4. The number of ether oxygens (including phenoxy) is 1. The highest BCUT2D eigenvalue weighted by atomic mass is 32.2. The zero-order valence-corrected chi connectivity index (χ0v) is 15.2. The number of rotatable bonds is 6. The van der Waals surface area contributed by atoms with Crippen LogP contribution < -0.4 is 4.90 Å². The summed E-state index contributed by atoms with van der Waals surface area (Å²) >= 11 is 1.45. The van der Waals surface area contributed by atoms with Crippen LogP contribution in [0.4, 0.5) is 5.95 Å². The Kier molecular flexibility index (Phi) is 5.25. The van der Waals surface area contributed by atoms with Gasteiger partial charge in [-0.1, -0.05) is 11.8 Å². The fraction of sp³-hybridized carbons (Fsp3) is 0.562. The van der Waals surface area contributed by atoms with Gasteiger partial charge in [0.2, 0.25) is 5.95 Å². The molecule has 3 rings (SSSR count). The van der Waals surface area contributed by atoms with Crippen LogP contribution in [0.25, 0.3) is 0 Å². The molecule has 1 saturated heterocycles. The van der Waals surface area contributed by atoms with Crippen molar-refractivity contribution in [2.45, 2.75) is 32.5 Å². The highest BCUT2D eigenvalue weighted by Crippen LogP contribution is 2.24. The van der Waals surface area contributed by atoms with E-state index in [0.29, 0.717) is 19.0 Å².